The zero-order chi connectivity index (χ0) is 17.7. The van der Waals surface area contributed by atoms with E-state index >= 15 is 0 Å². The summed E-state index contributed by atoms with van der Waals surface area (Å²) < 4.78 is 18.5. The van der Waals surface area contributed by atoms with Gasteiger partial charge in [0.15, 0.2) is 11.6 Å². The first-order valence-corrected chi connectivity index (χ1v) is 7.92. The van der Waals surface area contributed by atoms with Crippen molar-refractivity contribution in [2.24, 2.45) is 0 Å². The summed E-state index contributed by atoms with van der Waals surface area (Å²) in [6.45, 7) is 2.07. The number of hydrogen-bond acceptors (Lipinski definition) is 4. The third-order valence-corrected chi connectivity index (χ3v) is 4.23. The van der Waals surface area contributed by atoms with Gasteiger partial charge in [0, 0.05) is 18.5 Å². The van der Waals surface area contributed by atoms with E-state index < -0.39 is 11.8 Å². The molecule has 0 spiro atoms. The molecule has 0 fully saturated rings. The topological polar surface area (TPSA) is 70.7 Å². The third-order valence-electron chi connectivity index (χ3n) is 3.23. The number of benzene rings is 1. The largest absolute Gasteiger partial charge is 0.494 e. The number of nitrogens with one attached hydrogen (secondary N) is 2. The number of halogens is 1. The molecule has 0 aliphatic carbocycles. The lowest BCUT2D eigenvalue weighted by molar-refractivity contribution is 0.0935. The van der Waals surface area contributed by atoms with Crippen LogP contribution in [0.5, 0.6) is 5.75 Å². The maximum absolute atomic E-state index is 13.6. The molecule has 2 N–H and O–H groups in total. The average Bonchev–Trinajstić information content (AvgIpc) is 2.99. The molecule has 0 bridgehead atoms. The molecular formula is C16H18FN3O3S. The molecule has 0 radical (unpaired) electrons. The first-order valence-electron chi connectivity index (χ1n) is 7.11. The number of hydrazine groups is 1. The van der Waals surface area contributed by atoms with Gasteiger partial charge in [-0.3, -0.25) is 10.2 Å². The fraction of sp³-hybridized carbons (Fsp3) is 0.250. The number of methoxy groups -OCH3 is 1. The maximum Gasteiger partial charge on any atom is 0.336 e. The van der Waals surface area contributed by atoms with E-state index in [0.717, 1.165) is 4.88 Å². The van der Waals surface area contributed by atoms with Gasteiger partial charge in [-0.05, 0) is 36.8 Å². The van der Waals surface area contributed by atoms with Gasteiger partial charge in [0.05, 0.1) is 12.0 Å². The highest BCUT2D eigenvalue weighted by Gasteiger charge is 2.13. The quantitative estimate of drug-likeness (QED) is 0.832. The minimum Gasteiger partial charge on any atom is -0.494 e. The van der Waals surface area contributed by atoms with Crippen LogP contribution >= 0.6 is 11.3 Å². The van der Waals surface area contributed by atoms with Crippen molar-refractivity contribution in [3.63, 3.8) is 0 Å². The molecule has 6 nitrogen and oxygen atoms in total. The first kappa shape index (κ1) is 17.7. The molecule has 0 aliphatic heterocycles. The Morgan fingerprint density at radius 1 is 1.25 bits per heavy atom. The van der Waals surface area contributed by atoms with Crippen molar-refractivity contribution in [1.29, 1.82) is 0 Å². The first-order chi connectivity index (χ1) is 11.4. The third kappa shape index (κ3) is 4.45. The van der Waals surface area contributed by atoms with Crippen molar-refractivity contribution in [2.75, 3.05) is 14.2 Å². The van der Waals surface area contributed by atoms with Crippen molar-refractivity contribution < 1.29 is 18.7 Å². The second-order valence-corrected chi connectivity index (χ2v) is 6.41. The predicted octanol–water partition coefficient (Wildman–Crippen LogP) is 2.69. The fourth-order valence-electron chi connectivity index (χ4n) is 1.98. The highest BCUT2D eigenvalue weighted by atomic mass is 32.1. The molecule has 0 saturated heterocycles. The summed E-state index contributed by atoms with van der Waals surface area (Å²) in [5, 5.41) is 0. The van der Waals surface area contributed by atoms with Crippen molar-refractivity contribution >= 4 is 23.3 Å². The Morgan fingerprint density at radius 3 is 2.58 bits per heavy atom. The Kier molecular flexibility index (Phi) is 5.75. The van der Waals surface area contributed by atoms with E-state index in [4.69, 9.17) is 4.74 Å². The number of aryl methyl sites for hydroxylation is 1. The van der Waals surface area contributed by atoms with Crippen LogP contribution in [0.2, 0.25) is 0 Å². The van der Waals surface area contributed by atoms with Crippen LogP contribution in [0, 0.1) is 12.7 Å². The van der Waals surface area contributed by atoms with E-state index in [0.29, 0.717) is 10.4 Å². The van der Waals surface area contributed by atoms with Crippen LogP contribution in [0.4, 0.5) is 9.18 Å². The van der Waals surface area contributed by atoms with Gasteiger partial charge in [0.25, 0.3) is 5.91 Å². The molecule has 0 atom stereocenters. The second kappa shape index (κ2) is 7.78. The summed E-state index contributed by atoms with van der Waals surface area (Å²) in [7, 11) is 2.92. The molecule has 0 aliphatic rings. The maximum atomic E-state index is 13.6. The van der Waals surface area contributed by atoms with Gasteiger partial charge in [-0.2, -0.15) is 0 Å². The SMILES string of the molecule is COc1ccc(CN(C)C(=O)NNC(=O)c2ccc(C)s2)cc1F. The molecule has 0 unspecified atom stereocenters. The summed E-state index contributed by atoms with van der Waals surface area (Å²) in [5.74, 6) is -0.736. The molecule has 1 aromatic carbocycles. The Morgan fingerprint density at radius 2 is 2.00 bits per heavy atom. The zero-order valence-corrected chi connectivity index (χ0v) is 14.4. The van der Waals surface area contributed by atoms with E-state index in [1.165, 1.54) is 35.5 Å². The number of amides is 3. The number of rotatable bonds is 4. The van der Waals surface area contributed by atoms with Gasteiger partial charge < -0.3 is 9.64 Å². The summed E-state index contributed by atoms with van der Waals surface area (Å²) in [5.41, 5.74) is 5.27. The van der Waals surface area contributed by atoms with Crippen LogP contribution in [0.1, 0.15) is 20.1 Å². The zero-order valence-electron chi connectivity index (χ0n) is 13.6. The van der Waals surface area contributed by atoms with Crippen LogP contribution in [-0.2, 0) is 6.54 Å². The van der Waals surface area contributed by atoms with Gasteiger partial charge in [0.1, 0.15) is 0 Å². The number of ether oxygens (including phenoxy) is 1. The van der Waals surface area contributed by atoms with Crippen LogP contribution in [0.3, 0.4) is 0 Å². The van der Waals surface area contributed by atoms with Crippen molar-refractivity contribution in [3.05, 3.63) is 51.5 Å². The highest BCUT2D eigenvalue weighted by molar-refractivity contribution is 7.13. The summed E-state index contributed by atoms with van der Waals surface area (Å²) >= 11 is 1.33. The van der Waals surface area contributed by atoms with E-state index in [1.54, 1.807) is 19.2 Å². The fourth-order valence-corrected chi connectivity index (χ4v) is 2.74. The molecule has 2 aromatic rings. The number of carbonyl (C=O) groups excluding carboxylic acids is 2. The summed E-state index contributed by atoms with van der Waals surface area (Å²) in [6.07, 6.45) is 0. The number of hydrogen-bond donors (Lipinski definition) is 2. The second-order valence-electron chi connectivity index (χ2n) is 5.12. The Hall–Kier alpha value is -2.61. The van der Waals surface area contributed by atoms with Gasteiger partial charge >= 0.3 is 6.03 Å². The van der Waals surface area contributed by atoms with Crippen molar-refractivity contribution in [1.82, 2.24) is 15.8 Å². The van der Waals surface area contributed by atoms with Crippen LogP contribution in [-0.4, -0.2) is 31.0 Å². The molecule has 8 heteroatoms. The lowest BCUT2D eigenvalue weighted by atomic mass is 10.2. The standard InChI is InChI=1S/C16H18FN3O3S/c1-10-4-7-14(24-10)15(21)18-19-16(22)20(2)9-11-5-6-13(23-3)12(17)8-11/h4-8H,9H2,1-3H3,(H,18,21)(H,19,22). The minimum absolute atomic E-state index is 0.143. The van der Waals surface area contributed by atoms with Gasteiger partial charge in [-0.1, -0.05) is 6.07 Å². The highest BCUT2D eigenvalue weighted by Crippen LogP contribution is 2.18. The lowest BCUT2D eigenvalue weighted by Crippen LogP contribution is -2.47. The van der Waals surface area contributed by atoms with Crippen LogP contribution in [0.15, 0.2) is 30.3 Å². The van der Waals surface area contributed by atoms with Crippen LogP contribution < -0.4 is 15.6 Å². The Bertz CT molecular complexity index is 748. The monoisotopic (exact) mass is 351 g/mol. The number of carbonyl (C=O) groups is 2. The molecule has 3 amide bonds. The van der Waals surface area contributed by atoms with Crippen molar-refractivity contribution in [3.8, 4) is 5.75 Å². The number of thiophene rings is 1. The molecule has 0 saturated carbocycles. The predicted molar refractivity (Wildman–Crippen MR) is 89.5 cm³/mol. The van der Waals surface area contributed by atoms with Gasteiger partial charge in [-0.15, -0.1) is 11.3 Å². The Balaban J connectivity index is 1.88. The van der Waals surface area contributed by atoms with E-state index in [1.807, 2.05) is 13.0 Å². The van der Waals surface area contributed by atoms with Crippen molar-refractivity contribution in [2.45, 2.75) is 13.5 Å². The molecule has 2 rings (SSSR count). The Labute approximate surface area is 143 Å². The molecule has 1 heterocycles. The molecule has 1 aromatic heterocycles. The summed E-state index contributed by atoms with van der Waals surface area (Å²) in [4.78, 5) is 26.7. The van der Waals surface area contributed by atoms with E-state index in [-0.39, 0.29) is 18.2 Å². The minimum atomic E-state index is -0.507. The molecule has 24 heavy (non-hydrogen) atoms. The summed E-state index contributed by atoms with van der Waals surface area (Å²) in [6, 6.07) is 7.47. The smallest absolute Gasteiger partial charge is 0.336 e. The van der Waals surface area contributed by atoms with Gasteiger partial charge in [0.2, 0.25) is 0 Å². The van der Waals surface area contributed by atoms with E-state index in [2.05, 4.69) is 10.9 Å². The lowest BCUT2D eigenvalue weighted by Gasteiger charge is -2.18. The van der Waals surface area contributed by atoms with E-state index in [9.17, 15) is 14.0 Å². The number of nitrogens with zero attached hydrogens (tertiary/aromatic N) is 1. The number of urea groups is 1. The average molecular weight is 351 g/mol. The molecule has 128 valence electrons. The van der Waals surface area contributed by atoms with Gasteiger partial charge in [-0.25, -0.2) is 14.6 Å². The molecular weight excluding hydrogens is 333 g/mol. The van der Waals surface area contributed by atoms with Crippen LogP contribution in [0.25, 0.3) is 0 Å². The normalized spacial score (nSPS) is 10.2.